The number of benzene rings is 1. The van der Waals surface area contributed by atoms with E-state index < -0.39 is 0 Å². The first-order chi connectivity index (χ1) is 6.81. The highest BCUT2D eigenvalue weighted by molar-refractivity contribution is 5.78. The number of oxazole rings is 1. The van der Waals surface area contributed by atoms with Crippen LogP contribution < -0.4 is 11.1 Å². The largest absolute Gasteiger partial charge is 0.423 e. The predicted octanol–water partition coefficient (Wildman–Crippen LogP) is 1.98. The lowest BCUT2D eigenvalue weighted by atomic mass is 10.3. The Morgan fingerprint density at radius 1 is 1.43 bits per heavy atom. The molecular weight excluding hydrogens is 178 g/mol. The van der Waals surface area contributed by atoms with E-state index in [0.717, 1.165) is 11.1 Å². The number of nitrogen functional groups attached to an aromatic ring is 1. The molecule has 1 aliphatic carbocycles. The zero-order valence-electron chi connectivity index (χ0n) is 7.66. The van der Waals surface area contributed by atoms with E-state index >= 15 is 0 Å². The Bertz CT molecular complexity index is 473. The van der Waals surface area contributed by atoms with E-state index in [1.165, 1.54) is 12.8 Å². The molecule has 1 fully saturated rings. The molecule has 1 heterocycles. The van der Waals surface area contributed by atoms with Gasteiger partial charge in [-0.15, -0.1) is 0 Å². The van der Waals surface area contributed by atoms with E-state index in [-0.39, 0.29) is 0 Å². The van der Waals surface area contributed by atoms with Crippen LogP contribution in [0.3, 0.4) is 0 Å². The molecule has 2 aromatic rings. The average Bonchev–Trinajstić information content (AvgIpc) is 2.84. The lowest BCUT2D eigenvalue weighted by molar-refractivity contribution is 0.614. The summed E-state index contributed by atoms with van der Waals surface area (Å²) in [5, 5.41) is 3.21. The molecule has 1 aromatic carbocycles. The van der Waals surface area contributed by atoms with Crippen LogP contribution in [0.25, 0.3) is 11.1 Å². The van der Waals surface area contributed by atoms with E-state index in [4.69, 9.17) is 10.2 Å². The minimum absolute atomic E-state index is 0.556. The average molecular weight is 189 g/mol. The third-order valence-corrected chi connectivity index (χ3v) is 2.32. The summed E-state index contributed by atoms with van der Waals surface area (Å²) in [5.74, 6) is 0. The molecule has 0 radical (unpaired) electrons. The number of fused-ring (bicyclic) bond motifs is 1. The van der Waals surface area contributed by atoms with Crippen molar-refractivity contribution >= 4 is 22.8 Å². The van der Waals surface area contributed by atoms with Gasteiger partial charge in [0.15, 0.2) is 5.58 Å². The Labute approximate surface area is 81.1 Å². The van der Waals surface area contributed by atoms with Gasteiger partial charge in [-0.3, -0.25) is 0 Å². The number of aromatic nitrogens is 1. The molecule has 4 nitrogen and oxygen atoms in total. The molecular formula is C10H11N3O. The Balaban J connectivity index is 2.01. The molecule has 3 N–H and O–H groups in total. The highest BCUT2D eigenvalue weighted by atomic mass is 16.4. The fourth-order valence-electron chi connectivity index (χ4n) is 1.41. The van der Waals surface area contributed by atoms with E-state index in [9.17, 15) is 0 Å². The quantitative estimate of drug-likeness (QED) is 0.709. The molecule has 3 rings (SSSR count). The smallest absolute Gasteiger partial charge is 0.295 e. The molecule has 14 heavy (non-hydrogen) atoms. The van der Waals surface area contributed by atoms with Crippen LogP contribution in [0.4, 0.5) is 11.7 Å². The molecule has 0 bridgehead atoms. The molecule has 0 spiro atoms. The fourth-order valence-corrected chi connectivity index (χ4v) is 1.41. The van der Waals surface area contributed by atoms with Crippen LogP contribution in [-0.2, 0) is 0 Å². The summed E-state index contributed by atoms with van der Waals surface area (Å²) in [7, 11) is 0. The van der Waals surface area contributed by atoms with Crippen molar-refractivity contribution < 1.29 is 4.42 Å². The van der Waals surface area contributed by atoms with Gasteiger partial charge in [0.25, 0.3) is 6.01 Å². The Morgan fingerprint density at radius 3 is 3.07 bits per heavy atom. The standard InChI is InChI=1S/C10H11N3O/c11-6-1-4-8-9(5-6)14-10(13-8)12-7-2-3-7/h1,4-5,7H,2-3,11H2,(H,12,13). The molecule has 0 atom stereocenters. The van der Waals surface area contributed by atoms with Crippen molar-refractivity contribution in [3.8, 4) is 0 Å². The maximum Gasteiger partial charge on any atom is 0.295 e. The van der Waals surface area contributed by atoms with Gasteiger partial charge in [-0.25, -0.2) is 0 Å². The van der Waals surface area contributed by atoms with Crippen molar-refractivity contribution in [1.29, 1.82) is 0 Å². The van der Waals surface area contributed by atoms with Gasteiger partial charge in [0.1, 0.15) is 5.52 Å². The third-order valence-electron chi connectivity index (χ3n) is 2.32. The van der Waals surface area contributed by atoms with Gasteiger partial charge in [-0.05, 0) is 25.0 Å². The molecule has 1 saturated carbocycles. The molecule has 1 aromatic heterocycles. The molecule has 0 unspecified atom stereocenters. The lowest BCUT2D eigenvalue weighted by Gasteiger charge is -1.93. The van der Waals surface area contributed by atoms with Crippen LogP contribution in [0.1, 0.15) is 12.8 Å². The number of rotatable bonds is 2. The van der Waals surface area contributed by atoms with Crippen LogP contribution >= 0.6 is 0 Å². The molecule has 4 heteroatoms. The van der Waals surface area contributed by atoms with Crippen molar-refractivity contribution in [2.75, 3.05) is 11.1 Å². The van der Waals surface area contributed by atoms with Gasteiger partial charge in [0.2, 0.25) is 0 Å². The van der Waals surface area contributed by atoms with E-state index in [0.29, 0.717) is 17.7 Å². The van der Waals surface area contributed by atoms with Crippen molar-refractivity contribution in [3.63, 3.8) is 0 Å². The summed E-state index contributed by atoms with van der Waals surface area (Å²) in [6.07, 6.45) is 2.42. The second-order valence-electron chi connectivity index (χ2n) is 3.66. The third kappa shape index (κ3) is 1.28. The highest BCUT2D eigenvalue weighted by Crippen LogP contribution is 2.27. The topological polar surface area (TPSA) is 64.1 Å². The molecule has 72 valence electrons. The lowest BCUT2D eigenvalue weighted by Crippen LogP contribution is -1.99. The van der Waals surface area contributed by atoms with Crippen LogP contribution in [0.2, 0.25) is 0 Å². The summed E-state index contributed by atoms with van der Waals surface area (Å²) >= 11 is 0. The maximum atomic E-state index is 5.64. The number of nitrogens with zero attached hydrogens (tertiary/aromatic N) is 1. The van der Waals surface area contributed by atoms with Crippen molar-refractivity contribution in [2.45, 2.75) is 18.9 Å². The van der Waals surface area contributed by atoms with Crippen LogP contribution in [0.15, 0.2) is 22.6 Å². The monoisotopic (exact) mass is 189 g/mol. The van der Waals surface area contributed by atoms with Gasteiger partial charge >= 0.3 is 0 Å². The van der Waals surface area contributed by atoms with Crippen LogP contribution in [-0.4, -0.2) is 11.0 Å². The number of nitrogens with one attached hydrogen (secondary N) is 1. The number of nitrogens with two attached hydrogens (primary N) is 1. The predicted molar refractivity (Wildman–Crippen MR) is 55.1 cm³/mol. The Kier molecular flexibility index (Phi) is 1.45. The fraction of sp³-hybridized carbons (Fsp3) is 0.300. The summed E-state index contributed by atoms with van der Waals surface area (Å²) in [4.78, 5) is 4.30. The second-order valence-corrected chi connectivity index (χ2v) is 3.66. The maximum absolute atomic E-state index is 5.64. The minimum atomic E-state index is 0.556. The summed E-state index contributed by atoms with van der Waals surface area (Å²) in [6, 6.07) is 6.65. The highest BCUT2D eigenvalue weighted by Gasteiger charge is 2.22. The van der Waals surface area contributed by atoms with Crippen molar-refractivity contribution in [1.82, 2.24) is 4.98 Å². The number of hydrogen-bond acceptors (Lipinski definition) is 4. The molecule has 0 saturated heterocycles. The van der Waals surface area contributed by atoms with Gasteiger partial charge in [-0.1, -0.05) is 0 Å². The summed E-state index contributed by atoms with van der Waals surface area (Å²) in [5.41, 5.74) is 7.93. The van der Waals surface area contributed by atoms with E-state index in [2.05, 4.69) is 10.3 Å². The van der Waals surface area contributed by atoms with Gasteiger partial charge in [0, 0.05) is 17.8 Å². The summed E-state index contributed by atoms with van der Waals surface area (Å²) < 4.78 is 5.50. The molecule has 0 amide bonds. The van der Waals surface area contributed by atoms with Crippen molar-refractivity contribution in [3.05, 3.63) is 18.2 Å². The summed E-state index contributed by atoms with van der Waals surface area (Å²) in [6.45, 7) is 0. The first kappa shape index (κ1) is 7.67. The van der Waals surface area contributed by atoms with Crippen LogP contribution in [0, 0.1) is 0 Å². The normalized spacial score (nSPS) is 16.0. The number of hydrogen-bond donors (Lipinski definition) is 2. The zero-order valence-corrected chi connectivity index (χ0v) is 7.66. The second kappa shape index (κ2) is 2.64. The Morgan fingerprint density at radius 2 is 2.29 bits per heavy atom. The van der Waals surface area contributed by atoms with E-state index in [1.807, 2.05) is 12.1 Å². The molecule has 1 aliphatic rings. The zero-order chi connectivity index (χ0) is 9.54. The first-order valence-corrected chi connectivity index (χ1v) is 4.74. The Hall–Kier alpha value is -1.71. The minimum Gasteiger partial charge on any atom is -0.423 e. The van der Waals surface area contributed by atoms with Gasteiger partial charge in [0.05, 0.1) is 0 Å². The van der Waals surface area contributed by atoms with Gasteiger partial charge in [-0.2, -0.15) is 4.98 Å². The number of anilines is 2. The molecule has 0 aliphatic heterocycles. The first-order valence-electron chi connectivity index (χ1n) is 4.74. The van der Waals surface area contributed by atoms with E-state index in [1.54, 1.807) is 6.07 Å². The van der Waals surface area contributed by atoms with Gasteiger partial charge < -0.3 is 15.5 Å². The van der Waals surface area contributed by atoms with Crippen LogP contribution in [0.5, 0.6) is 0 Å². The van der Waals surface area contributed by atoms with Crippen molar-refractivity contribution in [2.24, 2.45) is 0 Å². The SMILES string of the molecule is Nc1ccc2nc(NC3CC3)oc2c1.